The minimum Gasteiger partial charge on any atom is -0.323 e. The lowest BCUT2D eigenvalue weighted by Crippen LogP contribution is -2.39. The topological polar surface area (TPSA) is 71.2 Å². The number of nitrogens with two attached hydrogens (primary N) is 1. The molecule has 3 aromatic rings. The molecule has 2 aromatic heterocycles. The van der Waals surface area contributed by atoms with E-state index in [9.17, 15) is 4.79 Å². The number of carbonyl (C=O) groups is 1. The second kappa shape index (κ2) is 8.37. The van der Waals surface area contributed by atoms with Gasteiger partial charge in [0.15, 0.2) is 10.9 Å². The van der Waals surface area contributed by atoms with Gasteiger partial charge in [-0.2, -0.15) is 0 Å². The van der Waals surface area contributed by atoms with Crippen molar-refractivity contribution in [2.45, 2.75) is 6.54 Å². The number of nitrogens with one attached hydrogen (secondary N) is 1. The summed E-state index contributed by atoms with van der Waals surface area (Å²) in [5, 5.41) is 7.85. The van der Waals surface area contributed by atoms with Gasteiger partial charge in [0, 0.05) is 23.0 Å². The molecule has 0 aliphatic carbocycles. The second-order valence-corrected chi connectivity index (χ2v) is 7.16. The lowest BCUT2D eigenvalue weighted by Gasteiger charge is -2.20. The summed E-state index contributed by atoms with van der Waals surface area (Å²) < 4.78 is 0. The van der Waals surface area contributed by atoms with E-state index in [1.54, 1.807) is 42.7 Å². The zero-order valence-corrected chi connectivity index (χ0v) is 15.9. The molecular weight excluding hydrogens is 388 g/mol. The maximum Gasteiger partial charge on any atom is 0.195 e. The van der Waals surface area contributed by atoms with Crippen molar-refractivity contribution in [1.29, 1.82) is 0 Å². The minimum atomic E-state index is -0.107. The van der Waals surface area contributed by atoms with Crippen molar-refractivity contribution in [2.75, 3.05) is 5.32 Å². The molecule has 0 unspecified atom stereocenters. The van der Waals surface area contributed by atoms with Gasteiger partial charge in [-0.3, -0.25) is 14.8 Å². The Bertz CT molecular complexity index is 912. The highest BCUT2D eigenvalue weighted by atomic mass is 35.5. The molecule has 5 nitrogen and oxygen atoms in total. The number of pyridine rings is 1. The van der Waals surface area contributed by atoms with Gasteiger partial charge in [-0.1, -0.05) is 17.7 Å². The Labute approximate surface area is 165 Å². The minimum absolute atomic E-state index is 0.107. The Morgan fingerprint density at radius 1 is 1.27 bits per heavy atom. The van der Waals surface area contributed by atoms with Crippen LogP contribution in [0.15, 0.2) is 60.2 Å². The molecular formula is C18H15ClN4OS2. The standard InChI is InChI=1S/C18H15ClN4OS2/c19-14-5-3-13(4-6-14)16(24)15-7-9-26-17(15)22-18(25)23(20)11-12-2-1-8-21-10-12/h1-10H,11,20H2,(H,22,25). The van der Waals surface area contributed by atoms with E-state index < -0.39 is 0 Å². The number of anilines is 1. The molecule has 3 N–H and O–H groups in total. The third kappa shape index (κ3) is 4.44. The van der Waals surface area contributed by atoms with E-state index in [1.165, 1.54) is 16.3 Å². The summed E-state index contributed by atoms with van der Waals surface area (Å²) in [6.45, 7) is 0.408. The Morgan fingerprint density at radius 3 is 2.73 bits per heavy atom. The third-order valence-corrected chi connectivity index (χ3v) is 4.99. The normalized spacial score (nSPS) is 10.4. The molecule has 3 rings (SSSR count). The van der Waals surface area contributed by atoms with Gasteiger partial charge in [0.25, 0.3) is 0 Å². The lowest BCUT2D eigenvalue weighted by atomic mass is 10.1. The molecule has 0 aliphatic heterocycles. The predicted octanol–water partition coefficient (Wildman–Crippen LogP) is 4.10. The maximum absolute atomic E-state index is 12.7. The van der Waals surface area contributed by atoms with Crippen LogP contribution in [0.5, 0.6) is 0 Å². The molecule has 0 spiro atoms. The number of halogens is 1. The highest BCUT2D eigenvalue weighted by Crippen LogP contribution is 2.26. The van der Waals surface area contributed by atoms with Crippen LogP contribution in [-0.4, -0.2) is 20.9 Å². The second-order valence-electron chi connectivity index (χ2n) is 5.42. The van der Waals surface area contributed by atoms with Crippen LogP contribution in [0.4, 0.5) is 5.00 Å². The van der Waals surface area contributed by atoms with Gasteiger partial charge in [0.05, 0.1) is 12.1 Å². The fourth-order valence-electron chi connectivity index (χ4n) is 2.27. The van der Waals surface area contributed by atoms with Gasteiger partial charge >= 0.3 is 0 Å². The molecule has 132 valence electrons. The average molecular weight is 403 g/mol. The number of aromatic nitrogens is 1. The number of hydrogen-bond acceptors (Lipinski definition) is 5. The summed E-state index contributed by atoms with van der Waals surface area (Å²) in [5.41, 5.74) is 2.03. The number of hydrogen-bond donors (Lipinski definition) is 2. The molecule has 0 amide bonds. The Kier molecular flexibility index (Phi) is 5.95. The summed E-state index contributed by atoms with van der Waals surface area (Å²) in [6, 6.07) is 12.3. The molecule has 0 aliphatic rings. The number of thiophene rings is 1. The smallest absolute Gasteiger partial charge is 0.195 e. The monoisotopic (exact) mass is 402 g/mol. The van der Waals surface area contributed by atoms with Crippen LogP contribution in [0.1, 0.15) is 21.5 Å². The number of benzene rings is 1. The van der Waals surface area contributed by atoms with Crippen molar-refractivity contribution in [2.24, 2.45) is 5.84 Å². The van der Waals surface area contributed by atoms with Crippen LogP contribution in [0.25, 0.3) is 0 Å². The molecule has 0 saturated heterocycles. The average Bonchev–Trinajstić information content (AvgIpc) is 3.10. The van der Waals surface area contributed by atoms with Gasteiger partial charge in [-0.15, -0.1) is 11.3 Å². The van der Waals surface area contributed by atoms with E-state index >= 15 is 0 Å². The Balaban J connectivity index is 1.71. The number of rotatable bonds is 5. The first-order valence-electron chi connectivity index (χ1n) is 7.64. The molecule has 0 atom stereocenters. The van der Waals surface area contributed by atoms with E-state index in [1.807, 2.05) is 17.5 Å². The van der Waals surface area contributed by atoms with E-state index in [4.69, 9.17) is 29.7 Å². The number of hydrazine groups is 1. The first-order chi connectivity index (χ1) is 12.5. The number of thiocarbonyl (C=S) groups is 1. The van der Waals surface area contributed by atoms with E-state index in [2.05, 4.69) is 10.3 Å². The van der Waals surface area contributed by atoms with Gasteiger partial charge in [-0.25, -0.2) is 5.84 Å². The molecule has 0 bridgehead atoms. The molecule has 0 fully saturated rings. The van der Waals surface area contributed by atoms with Crippen LogP contribution >= 0.6 is 35.2 Å². The van der Waals surface area contributed by atoms with Gasteiger partial charge < -0.3 is 5.32 Å². The molecule has 2 heterocycles. The number of ketones is 1. The fraction of sp³-hybridized carbons (Fsp3) is 0.0556. The van der Waals surface area contributed by atoms with Crippen molar-refractivity contribution in [3.8, 4) is 0 Å². The predicted molar refractivity (Wildman–Crippen MR) is 109 cm³/mol. The van der Waals surface area contributed by atoms with E-state index in [-0.39, 0.29) is 5.78 Å². The lowest BCUT2D eigenvalue weighted by molar-refractivity contribution is 0.104. The fourth-order valence-corrected chi connectivity index (χ4v) is 3.41. The summed E-state index contributed by atoms with van der Waals surface area (Å²) >= 11 is 12.6. The molecule has 0 saturated carbocycles. The first-order valence-corrected chi connectivity index (χ1v) is 9.31. The van der Waals surface area contributed by atoms with Gasteiger partial charge in [0.1, 0.15) is 5.00 Å². The molecule has 0 radical (unpaired) electrons. The van der Waals surface area contributed by atoms with Crippen LogP contribution in [-0.2, 0) is 6.54 Å². The first kappa shape index (κ1) is 18.5. The van der Waals surface area contributed by atoms with Crippen LogP contribution in [0.3, 0.4) is 0 Å². The summed E-state index contributed by atoms with van der Waals surface area (Å²) in [7, 11) is 0. The Hall–Kier alpha value is -2.32. The van der Waals surface area contributed by atoms with Crippen molar-refractivity contribution in [3.05, 3.63) is 82.0 Å². The quantitative estimate of drug-likeness (QED) is 0.290. The maximum atomic E-state index is 12.7. The SMILES string of the molecule is NN(Cc1cccnc1)C(=S)Nc1sccc1C(=O)c1ccc(Cl)cc1. The largest absolute Gasteiger partial charge is 0.323 e. The highest BCUT2D eigenvalue weighted by Gasteiger charge is 2.17. The number of nitrogens with zero attached hydrogens (tertiary/aromatic N) is 2. The zero-order valence-electron chi connectivity index (χ0n) is 13.6. The summed E-state index contributed by atoms with van der Waals surface area (Å²) in [4.78, 5) is 16.8. The van der Waals surface area contributed by atoms with Gasteiger partial charge in [-0.05, 0) is 59.6 Å². The van der Waals surface area contributed by atoms with Gasteiger partial charge in [0.2, 0.25) is 0 Å². The van der Waals surface area contributed by atoms with E-state index in [0.717, 1.165) is 5.56 Å². The zero-order chi connectivity index (χ0) is 18.5. The molecule has 8 heteroatoms. The van der Waals surface area contributed by atoms with Crippen LogP contribution in [0.2, 0.25) is 5.02 Å². The number of carbonyl (C=O) groups excluding carboxylic acids is 1. The van der Waals surface area contributed by atoms with Crippen LogP contribution < -0.4 is 11.2 Å². The van der Waals surface area contributed by atoms with Crippen LogP contribution in [0, 0.1) is 0 Å². The Morgan fingerprint density at radius 2 is 2.04 bits per heavy atom. The van der Waals surface area contributed by atoms with Crippen molar-refractivity contribution in [1.82, 2.24) is 9.99 Å². The molecule has 26 heavy (non-hydrogen) atoms. The van der Waals surface area contributed by atoms with Crippen molar-refractivity contribution >= 4 is 51.1 Å². The summed E-state index contributed by atoms with van der Waals surface area (Å²) in [5.74, 6) is 5.92. The summed E-state index contributed by atoms with van der Waals surface area (Å²) in [6.07, 6.45) is 3.42. The molecule has 1 aromatic carbocycles. The van der Waals surface area contributed by atoms with Crippen molar-refractivity contribution in [3.63, 3.8) is 0 Å². The van der Waals surface area contributed by atoms with Crippen molar-refractivity contribution < 1.29 is 4.79 Å². The third-order valence-electron chi connectivity index (χ3n) is 3.57. The highest BCUT2D eigenvalue weighted by molar-refractivity contribution is 7.80. The van der Waals surface area contributed by atoms with E-state index in [0.29, 0.717) is 32.8 Å².